The molecule has 2 aromatic rings. The molecular formula is C19H17BrN2O3. The monoisotopic (exact) mass is 400 g/mol. The van der Waals surface area contributed by atoms with E-state index >= 15 is 0 Å². The number of benzene rings is 2. The van der Waals surface area contributed by atoms with E-state index in [0.717, 1.165) is 16.6 Å². The van der Waals surface area contributed by atoms with Crippen LogP contribution in [-0.4, -0.2) is 31.2 Å². The fraction of sp³-hybridized carbons (Fsp3) is 0.263. The van der Waals surface area contributed by atoms with Crippen molar-refractivity contribution in [3.8, 4) is 11.1 Å². The lowest BCUT2D eigenvalue weighted by molar-refractivity contribution is -0.119. The molecule has 0 saturated carbocycles. The summed E-state index contributed by atoms with van der Waals surface area (Å²) in [6, 6.07) is 12.4. The summed E-state index contributed by atoms with van der Waals surface area (Å²) in [4.78, 5) is 24.8. The van der Waals surface area contributed by atoms with Crippen LogP contribution in [0.25, 0.3) is 11.1 Å². The molecule has 1 saturated heterocycles. The Labute approximate surface area is 154 Å². The number of hydrogen-bond acceptors (Lipinski definition) is 3. The second-order valence-electron chi connectivity index (χ2n) is 6.37. The molecule has 1 atom stereocenters. The lowest BCUT2D eigenvalue weighted by Crippen LogP contribution is -2.33. The largest absolute Gasteiger partial charge is 0.442 e. The molecule has 4 rings (SSSR count). The van der Waals surface area contributed by atoms with Crippen molar-refractivity contribution in [2.24, 2.45) is 0 Å². The Morgan fingerprint density at radius 2 is 1.96 bits per heavy atom. The van der Waals surface area contributed by atoms with Gasteiger partial charge in [-0.2, -0.15) is 0 Å². The summed E-state index contributed by atoms with van der Waals surface area (Å²) in [5, 5.41) is 2.69. The molecule has 6 heteroatoms. The van der Waals surface area contributed by atoms with E-state index in [-0.39, 0.29) is 18.1 Å². The summed E-state index contributed by atoms with van der Waals surface area (Å²) in [5.41, 5.74) is 5.80. The van der Waals surface area contributed by atoms with Gasteiger partial charge in [0, 0.05) is 17.1 Å². The van der Waals surface area contributed by atoms with Crippen molar-refractivity contribution in [2.45, 2.75) is 19.4 Å². The van der Waals surface area contributed by atoms with Crippen LogP contribution in [0.15, 0.2) is 40.9 Å². The number of halogens is 1. The van der Waals surface area contributed by atoms with Crippen molar-refractivity contribution in [2.75, 3.05) is 18.0 Å². The van der Waals surface area contributed by atoms with Crippen molar-refractivity contribution in [3.05, 3.63) is 52.0 Å². The molecular weight excluding hydrogens is 384 g/mol. The Morgan fingerprint density at radius 3 is 2.72 bits per heavy atom. The molecule has 2 amide bonds. The number of carbonyl (C=O) groups excluding carboxylic acids is 2. The highest BCUT2D eigenvalue weighted by Crippen LogP contribution is 2.40. The first-order valence-electron chi connectivity index (χ1n) is 8.15. The number of anilines is 1. The van der Waals surface area contributed by atoms with Gasteiger partial charge in [-0.25, -0.2) is 4.79 Å². The molecule has 0 aromatic heterocycles. The van der Waals surface area contributed by atoms with Crippen LogP contribution < -0.4 is 10.2 Å². The average Bonchev–Trinajstić information content (AvgIpc) is 3.11. The first-order valence-corrected chi connectivity index (χ1v) is 8.95. The number of hydrogen-bond donors (Lipinski definition) is 1. The maximum atomic E-state index is 12.2. The normalized spacial score (nSPS) is 17.9. The first-order chi connectivity index (χ1) is 12.0. The molecule has 1 heterocycles. The van der Waals surface area contributed by atoms with Crippen LogP contribution in [0, 0.1) is 0 Å². The van der Waals surface area contributed by atoms with E-state index < -0.39 is 0 Å². The van der Waals surface area contributed by atoms with Gasteiger partial charge in [0.15, 0.2) is 0 Å². The number of fused-ring (bicyclic) bond motifs is 3. The van der Waals surface area contributed by atoms with Gasteiger partial charge in [-0.05, 0) is 52.9 Å². The second-order valence-corrected chi connectivity index (χ2v) is 7.29. The summed E-state index contributed by atoms with van der Waals surface area (Å²) >= 11 is 3.52. The van der Waals surface area contributed by atoms with Crippen LogP contribution in [-0.2, 0) is 16.0 Å². The van der Waals surface area contributed by atoms with E-state index in [2.05, 4.69) is 45.5 Å². The molecule has 0 radical (unpaired) electrons. The highest BCUT2D eigenvalue weighted by Gasteiger charge is 2.33. The van der Waals surface area contributed by atoms with Gasteiger partial charge in [-0.15, -0.1) is 0 Å². The fourth-order valence-corrected chi connectivity index (χ4v) is 3.84. The van der Waals surface area contributed by atoms with Gasteiger partial charge in [-0.3, -0.25) is 9.69 Å². The van der Waals surface area contributed by atoms with Crippen LogP contribution in [0.3, 0.4) is 0 Å². The second kappa shape index (κ2) is 6.19. The SMILES string of the molecule is CC(=O)NC[C@H]1CN(c2ccc3c(c2)Cc2cc(Br)ccc2-3)C(=O)O1. The van der Waals surface area contributed by atoms with Gasteiger partial charge in [0.05, 0.1) is 13.1 Å². The quantitative estimate of drug-likeness (QED) is 0.731. The van der Waals surface area contributed by atoms with Gasteiger partial charge in [0.25, 0.3) is 0 Å². The molecule has 0 bridgehead atoms. The molecule has 0 unspecified atom stereocenters. The minimum Gasteiger partial charge on any atom is -0.442 e. The predicted molar refractivity (Wildman–Crippen MR) is 98.7 cm³/mol. The summed E-state index contributed by atoms with van der Waals surface area (Å²) in [6.45, 7) is 2.23. The number of ether oxygens (including phenoxy) is 1. The van der Waals surface area contributed by atoms with Crippen LogP contribution in [0.5, 0.6) is 0 Å². The van der Waals surface area contributed by atoms with E-state index in [1.54, 1.807) is 4.90 Å². The van der Waals surface area contributed by atoms with Gasteiger partial charge >= 0.3 is 6.09 Å². The van der Waals surface area contributed by atoms with Crippen LogP contribution in [0.4, 0.5) is 10.5 Å². The summed E-state index contributed by atoms with van der Waals surface area (Å²) in [5.74, 6) is -0.129. The van der Waals surface area contributed by atoms with E-state index in [4.69, 9.17) is 4.74 Å². The zero-order chi connectivity index (χ0) is 17.6. The summed E-state index contributed by atoms with van der Waals surface area (Å²) in [6.07, 6.45) is 0.169. The average molecular weight is 401 g/mol. The lowest BCUT2D eigenvalue weighted by Gasteiger charge is -2.14. The van der Waals surface area contributed by atoms with E-state index in [0.29, 0.717) is 13.1 Å². The number of rotatable bonds is 3. The highest BCUT2D eigenvalue weighted by molar-refractivity contribution is 9.10. The number of cyclic esters (lactones) is 1. The third kappa shape index (κ3) is 3.02. The van der Waals surface area contributed by atoms with E-state index in [1.807, 2.05) is 12.1 Å². The number of nitrogens with zero attached hydrogens (tertiary/aromatic N) is 1. The van der Waals surface area contributed by atoms with Gasteiger partial charge in [0.1, 0.15) is 6.10 Å². The van der Waals surface area contributed by atoms with Gasteiger partial charge in [0.2, 0.25) is 5.91 Å². The molecule has 1 aliphatic heterocycles. The first kappa shape index (κ1) is 16.1. The minimum absolute atomic E-state index is 0.129. The van der Waals surface area contributed by atoms with Crippen LogP contribution in [0.1, 0.15) is 18.1 Å². The lowest BCUT2D eigenvalue weighted by atomic mass is 10.1. The van der Waals surface area contributed by atoms with Crippen LogP contribution >= 0.6 is 15.9 Å². The molecule has 1 aliphatic carbocycles. The third-order valence-electron chi connectivity index (χ3n) is 4.59. The number of carbonyl (C=O) groups is 2. The molecule has 2 aromatic carbocycles. The Bertz CT molecular complexity index is 881. The number of nitrogens with one attached hydrogen (secondary N) is 1. The minimum atomic E-state index is -0.367. The van der Waals surface area contributed by atoms with Crippen molar-refractivity contribution >= 4 is 33.6 Å². The zero-order valence-corrected chi connectivity index (χ0v) is 15.3. The highest BCUT2D eigenvalue weighted by atomic mass is 79.9. The summed E-state index contributed by atoms with van der Waals surface area (Å²) < 4.78 is 6.41. The van der Waals surface area contributed by atoms with Gasteiger partial charge in [-0.1, -0.05) is 28.1 Å². The van der Waals surface area contributed by atoms with E-state index in [9.17, 15) is 9.59 Å². The molecule has 128 valence electrons. The van der Waals surface area contributed by atoms with Crippen molar-refractivity contribution in [1.82, 2.24) is 5.32 Å². The molecule has 2 aliphatic rings. The van der Waals surface area contributed by atoms with Crippen molar-refractivity contribution in [1.29, 1.82) is 0 Å². The molecule has 1 fully saturated rings. The van der Waals surface area contributed by atoms with Crippen molar-refractivity contribution < 1.29 is 14.3 Å². The zero-order valence-electron chi connectivity index (χ0n) is 13.7. The van der Waals surface area contributed by atoms with Gasteiger partial charge < -0.3 is 10.1 Å². The Hall–Kier alpha value is -2.34. The summed E-state index contributed by atoms with van der Waals surface area (Å²) in [7, 11) is 0. The predicted octanol–water partition coefficient (Wildman–Crippen LogP) is 3.48. The maximum Gasteiger partial charge on any atom is 0.414 e. The Kier molecular flexibility index (Phi) is 4.00. The third-order valence-corrected chi connectivity index (χ3v) is 5.08. The maximum absolute atomic E-state index is 12.2. The standard InChI is InChI=1S/C19H17BrN2O3/c1-11(23)21-9-16-10-22(19(24)25-16)15-3-5-18-13(8-15)6-12-7-14(20)2-4-17(12)18/h2-5,7-8,16H,6,9-10H2,1H3,(H,21,23)/t16-/m0/s1. The molecule has 25 heavy (non-hydrogen) atoms. The topological polar surface area (TPSA) is 58.6 Å². The van der Waals surface area contributed by atoms with E-state index in [1.165, 1.54) is 29.2 Å². The van der Waals surface area contributed by atoms with Crippen LogP contribution in [0.2, 0.25) is 0 Å². The fourth-order valence-electron chi connectivity index (χ4n) is 3.43. The Morgan fingerprint density at radius 1 is 1.24 bits per heavy atom. The van der Waals surface area contributed by atoms with Crippen molar-refractivity contribution in [3.63, 3.8) is 0 Å². The molecule has 5 nitrogen and oxygen atoms in total. The smallest absolute Gasteiger partial charge is 0.414 e. The number of amides is 2. The Balaban J connectivity index is 1.56. The molecule has 0 spiro atoms. The molecule has 1 N–H and O–H groups in total.